The van der Waals surface area contributed by atoms with Gasteiger partial charge in [0.15, 0.2) is 0 Å². The highest BCUT2D eigenvalue weighted by atomic mass is 16.5. The van der Waals surface area contributed by atoms with E-state index in [2.05, 4.69) is 4.98 Å². The Balaban J connectivity index is 2.72. The fraction of sp³-hybridized carbons (Fsp3) is 0.500. The second kappa shape index (κ2) is 6.20. The van der Waals surface area contributed by atoms with E-state index in [0.29, 0.717) is 18.8 Å². The fourth-order valence-corrected chi connectivity index (χ4v) is 1.70. The van der Waals surface area contributed by atoms with Crippen LogP contribution in [0.5, 0.6) is 5.88 Å². The molecule has 0 aliphatic heterocycles. The molecule has 1 atom stereocenters. The summed E-state index contributed by atoms with van der Waals surface area (Å²) < 4.78 is 5.02. The lowest BCUT2D eigenvalue weighted by Crippen LogP contribution is -2.37. The zero-order valence-electron chi connectivity index (χ0n) is 10.4. The number of hydrogen-bond donors (Lipinski definition) is 1. The van der Waals surface area contributed by atoms with E-state index >= 15 is 0 Å². The number of hydrogen-bond acceptors (Lipinski definition) is 4. The van der Waals surface area contributed by atoms with Crippen LogP contribution < -0.4 is 4.74 Å². The highest BCUT2D eigenvalue weighted by Gasteiger charge is 2.20. The molecule has 0 aliphatic carbocycles. The second-order valence-corrected chi connectivity index (χ2v) is 3.85. The Morgan fingerprint density at radius 2 is 2.29 bits per heavy atom. The molecule has 0 saturated carbocycles. The molecule has 0 radical (unpaired) electrons. The van der Waals surface area contributed by atoms with Crippen molar-refractivity contribution in [2.75, 3.05) is 14.2 Å². The van der Waals surface area contributed by atoms with Gasteiger partial charge in [-0.25, -0.2) is 4.98 Å². The number of carboxylic acids is 1. The summed E-state index contributed by atoms with van der Waals surface area (Å²) in [5.74, 6) is -0.267. The Labute approximate surface area is 101 Å². The van der Waals surface area contributed by atoms with E-state index in [-0.39, 0.29) is 0 Å². The van der Waals surface area contributed by atoms with Crippen LogP contribution >= 0.6 is 0 Å². The summed E-state index contributed by atoms with van der Waals surface area (Å²) in [7, 11) is 3.34. The standard InChI is InChI=1S/C12H18N2O3/c1-4-10(12(15)16)14(2)8-9-6-5-7-11(13-9)17-3/h5-7,10H,4,8H2,1-3H3,(H,15,16). The molecule has 0 saturated heterocycles. The van der Waals surface area contributed by atoms with Crippen molar-refractivity contribution < 1.29 is 14.6 Å². The molecule has 0 aromatic carbocycles. The first-order valence-corrected chi connectivity index (χ1v) is 5.51. The molecule has 17 heavy (non-hydrogen) atoms. The van der Waals surface area contributed by atoms with Crippen LogP contribution in [0.25, 0.3) is 0 Å². The second-order valence-electron chi connectivity index (χ2n) is 3.85. The van der Waals surface area contributed by atoms with Crippen LogP contribution in [-0.2, 0) is 11.3 Å². The maximum absolute atomic E-state index is 11.0. The minimum atomic E-state index is -0.808. The average Bonchev–Trinajstić information content (AvgIpc) is 2.29. The predicted octanol–water partition coefficient (Wildman–Crippen LogP) is 1.39. The minimum Gasteiger partial charge on any atom is -0.481 e. The number of aliphatic carboxylic acids is 1. The van der Waals surface area contributed by atoms with E-state index in [4.69, 9.17) is 9.84 Å². The minimum absolute atomic E-state index is 0.483. The monoisotopic (exact) mass is 238 g/mol. The number of pyridine rings is 1. The van der Waals surface area contributed by atoms with E-state index in [1.807, 2.05) is 19.1 Å². The van der Waals surface area contributed by atoms with Gasteiger partial charge in [-0.05, 0) is 19.5 Å². The van der Waals surface area contributed by atoms with Gasteiger partial charge in [0.25, 0.3) is 0 Å². The van der Waals surface area contributed by atoms with E-state index in [9.17, 15) is 4.79 Å². The van der Waals surface area contributed by atoms with Crippen LogP contribution in [-0.4, -0.2) is 41.2 Å². The van der Waals surface area contributed by atoms with Gasteiger partial charge in [0.2, 0.25) is 5.88 Å². The Bertz CT molecular complexity index is 382. The van der Waals surface area contributed by atoms with Crippen LogP contribution in [0, 0.1) is 0 Å². The van der Waals surface area contributed by atoms with Crippen molar-refractivity contribution in [2.24, 2.45) is 0 Å². The van der Waals surface area contributed by atoms with E-state index in [1.54, 1.807) is 25.1 Å². The van der Waals surface area contributed by atoms with Crippen LogP contribution in [0.15, 0.2) is 18.2 Å². The van der Waals surface area contributed by atoms with Gasteiger partial charge in [0, 0.05) is 12.6 Å². The Hall–Kier alpha value is -1.62. The number of carbonyl (C=O) groups is 1. The topological polar surface area (TPSA) is 62.7 Å². The molecule has 1 aromatic heterocycles. The molecular weight excluding hydrogens is 220 g/mol. The number of nitrogens with zero attached hydrogens (tertiary/aromatic N) is 2. The normalized spacial score (nSPS) is 12.5. The van der Waals surface area contributed by atoms with Gasteiger partial charge in [-0.15, -0.1) is 0 Å². The van der Waals surface area contributed by atoms with Crippen LogP contribution in [0.3, 0.4) is 0 Å². The smallest absolute Gasteiger partial charge is 0.320 e. The summed E-state index contributed by atoms with van der Waals surface area (Å²) in [6, 6.07) is 4.98. The van der Waals surface area contributed by atoms with Gasteiger partial charge in [-0.3, -0.25) is 9.69 Å². The van der Waals surface area contributed by atoms with Crippen molar-refractivity contribution in [2.45, 2.75) is 25.9 Å². The molecule has 94 valence electrons. The molecule has 1 rings (SSSR count). The van der Waals surface area contributed by atoms with Crippen molar-refractivity contribution in [1.29, 1.82) is 0 Å². The van der Waals surface area contributed by atoms with E-state index in [0.717, 1.165) is 5.69 Å². The molecule has 0 amide bonds. The maximum Gasteiger partial charge on any atom is 0.320 e. The lowest BCUT2D eigenvalue weighted by molar-refractivity contribution is -0.143. The van der Waals surface area contributed by atoms with Crippen molar-refractivity contribution in [3.05, 3.63) is 23.9 Å². The fourth-order valence-electron chi connectivity index (χ4n) is 1.70. The maximum atomic E-state index is 11.0. The summed E-state index contributed by atoms with van der Waals surface area (Å²) in [4.78, 5) is 17.0. The third kappa shape index (κ3) is 3.71. The summed E-state index contributed by atoms with van der Waals surface area (Å²) in [6.45, 7) is 2.34. The molecule has 1 unspecified atom stereocenters. The van der Waals surface area contributed by atoms with Gasteiger partial charge in [0.1, 0.15) is 6.04 Å². The lowest BCUT2D eigenvalue weighted by Gasteiger charge is -2.22. The molecule has 0 fully saturated rings. The van der Waals surface area contributed by atoms with E-state index in [1.165, 1.54) is 0 Å². The largest absolute Gasteiger partial charge is 0.481 e. The quantitative estimate of drug-likeness (QED) is 0.811. The van der Waals surface area contributed by atoms with Gasteiger partial charge in [0.05, 0.1) is 12.8 Å². The third-order valence-corrected chi connectivity index (χ3v) is 2.61. The molecule has 5 nitrogen and oxygen atoms in total. The number of rotatable bonds is 6. The molecule has 0 spiro atoms. The summed E-state index contributed by atoms with van der Waals surface area (Å²) >= 11 is 0. The number of ether oxygens (including phenoxy) is 1. The highest BCUT2D eigenvalue weighted by Crippen LogP contribution is 2.11. The van der Waals surface area contributed by atoms with E-state index < -0.39 is 12.0 Å². The van der Waals surface area contributed by atoms with Crippen molar-refractivity contribution in [3.8, 4) is 5.88 Å². The zero-order chi connectivity index (χ0) is 12.8. The lowest BCUT2D eigenvalue weighted by atomic mass is 10.2. The Morgan fingerprint density at radius 1 is 1.59 bits per heavy atom. The first kappa shape index (κ1) is 13.4. The molecule has 0 aliphatic rings. The van der Waals surface area contributed by atoms with Crippen LogP contribution in [0.2, 0.25) is 0 Å². The Kier molecular flexibility index (Phi) is 4.90. The molecule has 1 aromatic rings. The van der Waals surface area contributed by atoms with Gasteiger partial charge in [-0.1, -0.05) is 13.0 Å². The summed E-state index contributed by atoms with van der Waals surface area (Å²) in [5, 5.41) is 9.04. The van der Waals surface area contributed by atoms with Crippen molar-refractivity contribution in [1.82, 2.24) is 9.88 Å². The highest BCUT2D eigenvalue weighted by molar-refractivity contribution is 5.73. The van der Waals surface area contributed by atoms with Crippen molar-refractivity contribution in [3.63, 3.8) is 0 Å². The molecule has 0 bridgehead atoms. The number of aromatic nitrogens is 1. The summed E-state index contributed by atoms with van der Waals surface area (Å²) in [5.41, 5.74) is 0.798. The number of likely N-dealkylation sites (N-methyl/N-ethyl adjacent to an activating group) is 1. The average molecular weight is 238 g/mol. The van der Waals surface area contributed by atoms with Crippen LogP contribution in [0.4, 0.5) is 0 Å². The summed E-state index contributed by atoms with van der Waals surface area (Å²) in [6.07, 6.45) is 0.565. The van der Waals surface area contributed by atoms with Gasteiger partial charge < -0.3 is 9.84 Å². The predicted molar refractivity (Wildman–Crippen MR) is 64.0 cm³/mol. The molecular formula is C12H18N2O3. The number of carboxylic acid groups (broad SMARTS) is 1. The first-order valence-electron chi connectivity index (χ1n) is 5.51. The molecule has 5 heteroatoms. The van der Waals surface area contributed by atoms with Gasteiger partial charge in [-0.2, -0.15) is 0 Å². The Morgan fingerprint density at radius 3 is 2.82 bits per heavy atom. The third-order valence-electron chi connectivity index (χ3n) is 2.61. The zero-order valence-corrected chi connectivity index (χ0v) is 10.4. The number of methoxy groups -OCH3 is 1. The molecule has 1 N–H and O–H groups in total. The SMILES string of the molecule is CCC(C(=O)O)N(C)Cc1cccc(OC)n1. The van der Waals surface area contributed by atoms with Gasteiger partial charge >= 0.3 is 5.97 Å². The van der Waals surface area contributed by atoms with Crippen molar-refractivity contribution >= 4 is 5.97 Å². The molecule has 1 heterocycles. The first-order chi connectivity index (χ1) is 8.08. The van der Waals surface area contributed by atoms with Crippen LogP contribution in [0.1, 0.15) is 19.0 Å².